The van der Waals surface area contributed by atoms with Gasteiger partial charge in [-0.2, -0.15) is 9.78 Å². The largest absolute Gasteiger partial charge is 0.394 e. The van der Waals surface area contributed by atoms with E-state index in [0.717, 1.165) is 10.9 Å². The first-order valence-corrected chi connectivity index (χ1v) is 4.74. The quantitative estimate of drug-likeness (QED) is 0.519. The fourth-order valence-corrected chi connectivity index (χ4v) is 1.60. The number of hydrogen-bond donors (Lipinski definition) is 3. The third kappa shape index (κ3) is 1.90. The van der Waals surface area contributed by atoms with Gasteiger partial charge < -0.3 is 14.9 Å². The molecule has 1 aromatic heterocycles. The maximum Gasteiger partial charge on any atom is 0.347 e. The highest BCUT2D eigenvalue weighted by Crippen LogP contribution is 2.26. The number of aliphatic hydroxyl groups is 2. The van der Waals surface area contributed by atoms with Gasteiger partial charge in [0, 0.05) is 6.42 Å². The number of aromatic amines is 1. The van der Waals surface area contributed by atoms with Crippen LogP contribution in [0.15, 0.2) is 15.8 Å². The summed E-state index contributed by atoms with van der Waals surface area (Å²) >= 11 is 0. The minimum Gasteiger partial charge on any atom is -0.394 e. The number of aliphatic hydroxyl groups excluding tert-OH is 2. The zero-order chi connectivity index (χ0) is 11.7. The van der Waals surface area contributed by atoms with Crippen molar-refractivity contribution in [2.24, 2.45) is 0 Å². The number of aromatic nitrogens is 3. The summed E-state index contributed by atoms with van der Waals surface area (Å²) in [6.45, 7) is -0.338. The molecule has 0 bridgehead atoms. The fraction of sp³-hybridized carbons (Fsp3) is 0.625. The van der Waals surface area contributed by atoms with Gasteiger partial charge in [-0.3, -0.25) is 9.78 Å². The molecular weight excluding hydrogens is 218 g/mol. The van der Waals surface area contributed by atoms with Gasteiger partial charge in [-0.25, -0.2) is 4.79 Å². The summed E-state index contributed by atoms with van der Waals surface area (Å²) in [5.74, 6) is 0. The number of ether oxygens (including phenoxy) is 1. The standard InChI is InChI=1S/C8H11N3O5/c12-3-5-4(13)1-7(16-5)11-8(15)10-6(14)2-9-11/h2,4-5,7,12-13H,1,3H2,(H,10,14,15). The zero-order valence-corrected chi connectivity index (χ0v) is 8.24. The predicted octanol–water partition coefficient (Wildman–Crippen LogP) is -2.43. The lowest BCUT2D eigenvalue weighted by Crippen LogP contribution is -2.34. The van der Waals surface area contributed by atoms with Gasteiger partial charge in [-0.05, 0) is 0 Å². The van der Waals surface area contributed by atoms with Crippen LogP contribution in [-0.2, 0) is 4.74 Å². The van der Waals surface area contributed by atoms with Crippen LogP contribution in [0.2, 0.25) is 0 Å². The maximum atomic E-state index is 11.3. The van der Waals surface area contributed by atoms with Crippen molar-refractivity contribution in [2.75, 3.05) is 6.61 Å². The third-order valence-electron chi connectivity index (χ3n) is 2.39. The van der Waals surface area contributed by atoms with Gasteiger partial charge in [-0.15, -0.1) is 0 Å². The lowest BCUT2D eigenvalue weighted by Gasteiger charge is -2.12. The Bertz CT molecular complexity index is 481. The van der Waals surface area contributed by atoms with Crippen LogP contribution in [0.25, 0.3) is 0 Å². The molecule has 0 aromatic carbocycles. The van der Waals surface area contributed by atoms with E-state index in [9.17, 15) is 14.7 Å². The number of H-pyrrole nitrogens is 1. The van der Waals surface area contributed by atoms with Crippen molar-refractivity contribution in [1.82, 2.24) is 14.8 Å². The number of hydrogen-bond acceptors (Lipinski definition) is 6. The van der Waals surface area contributed by atoms with Crippen molar-refractivity contribution < 1.29 is 14.9 Å². The highest BCUT2D eigenvalue weighted by molar-refractivity contribution is 4.81. The Morgan fingerprint density at radius 1 is 1.62 bits per heavy atom. The van der Waals surface area contributed by atoms with E-state index in [1.165, 1.54) is 0 Å². The van der Waals surface area contributed by atoms with E-state index < -0.39 is 29.7 Å². The summed E-state index contributed by atoms with van der Waals surface area (Å²) in [5, 5.41) is 21.9. The van der Waals surface area contributed by atoms with Crippen LogP contribution in [0.5, 0.6) is 0 Å². The minimum atomic E-state index is -0.851. The van der Waals surface area contributed by atoms with Crippen molar-refractivity contribution in [3.05, 3.63) is 27.0 Å². The first kappa shape index (κ1) is 11.0. The molecule has 0 amide bonds. The molecule has 3 unspecified atom stereocenters. The number of nitrogens with one attached hydrogen (secondary N) is 1. The van der Waals surface area contributed by atoms with Crippen LogP contribution in [-0.4, -0.2) is 43.8 Å². The van der Waals surface area contributed by atoms with Crippen molar-refractivity contribution >= 4 is 0 Å². The Labute approximate surface area is 89.1 Å². The van der Waals surface area contributed by atoms with Crippen LogP contribution < -0.4 is 11.2 Å². The van der Waals surface area contributed by atoms with E-state index in [1.54, 1.807) is 0 Å². The predicted molar refractivity (Wildman–Crippen MR) is 50.7 cm³/mol. The van der Waals surface area contributed by atoms with E-state index in [1.807, 2.05) is 4.98 Å². The van der Waals surface area contributed by atoms with Gasteiger partial charge in [-0.1, -0.05) is 0 Å². The fourth-order valence-electron chi connectivity index (χ4n) is 1.60. The van der Waals surface area contributed by atoms with Crippen LogP contribution in [0, 0.1) is 0 Å². The number of rotatable bonds is 2. The average molecular weight is 229 g/mol. The molecule has 1 aliphatic rings. The van der Waals surface area contributed by atoms with E-state index >= 15 is 0 Å². The first-order valence-electron chi connectivity index (χ1n) is 4.74. The van der Waals surface area contributed by atoms with Gasteiger partial charge in [0.2, 0.25) is 0 Å². The van der Waals surface area contributed by atoms with Gasteiger partial charge in [0.05, 0.1) is 12.7 Å². The lowest BCUT2D eigenvalue weighted by molar-refractivity contribution is -0.0506. The summed E-state index contributed by atoms with van der Waals surface area (Å²) in [6.07, 6.45) is -1.26. The number of nitrogens with zero attached hydrogens (tertiary/aromatic N) is 2. The Hall–Kier alpha value is -1.51. The normalized spacial score (nSPS) is 29.5. The highest BCUT2D eigenvalue weighted by Gasteiger charge is 2.35. The molecule has 0 radical (unpaired) electrons. The summed E-state index contributed by atoms with van der Waals surface area (Å²) in [4.78, 5) is 24.2. The van der Waals surface area contributed by atoms with Crippen molar-refractivity contribution in [3.8, 4) is 0 Å². The minimum absolute atomic E-state index is 0.143. The highest BCUT2D eigenvalue weighted by atomic mass is 16.5. The van der Waals surface area contributed by atoms with E-state index in [4.69, 9.17) is 9.84 Å². The molecule has 1 aromatic rings. The molecule has 1 fully saturated rings. The Morgan fingerprint density at radius 3 is 2.94 bits per heavy atom. The molecule has 2 rings (SSSR count). The van der Waals surface area contributed by atoms with E-state index in [2.05, 4.69) is 5.10 Å². The second kappa shape index (κ2) is 4.16. The van der Waals surface area contributed by atoms with Crippen LogP contribution in [0.4, 0.5) is 0 Å². The molecule has 16 heavy (non-hydrogen) atoms. The summed E-state index contributed by atoms with van der Waals surface area (Å²) in [7, 11) is 0. The second-order valence-corrected chi connectivity index (χ2v) is 3.50. The summed E-state index contributed by atoms with van der Waals surface area (Å²) in [6, 6.07) is 0. The molecule has 1 aliphatic heterocycles. The first-order chi connectivity index (χ1) is 7.61. The Morgan fingerprint density at radius 2 is 2.38 bits per heavy atom. The Kier molecular flexibility index (Phi) is 2.86. The molecule has 0 aliphatic carbocycles. The molecule has 88 valence electrons. The third-order valence-corrected chi connectivity index (χ3v) is 2.39. The monoisotopic (exact) mass is 229 g/mol. The SMILES string of the molecule is O=c1cnn(C2CC(O)C(CO)O2)c(=O)[nH]1. The molecule has 3 N–H and O–H groups in total. The average Bonchev–Trinajstić information content (AvgIpc) is 2.59. The van der Waals surface area contributed by atoms with Crippen molar-refractivity contribution in [2.45, 2.75) is 24.9 Å². The topological polar surface area (TPSA) is 117 Å². The zero-order valence-electron chi connectivity index (χ0n) is 8.24. The Balaban J connectivity index is 2.27. The molecule has 2 heterocycles. The van der Waals surface area contributed by atoms with Gasteiger partial charge in [0.1, 0.15) is 12.3 Å². The molecule has 3 atom stereocenters. The van der Waals surface area contributed by atoms with Gasteiger partial charge in [0.15, 0.2) is 6.23 Å². The van der Waals surface area contributed by atoms with Crippen LogP contribution in [0.1, 0.15) is 12.6 Å². The maximum absolute atomic E-state index is 11.3. The van der Waals surface area contributed by atoms with Gasteiger partial charge >= 0.3 is 5.69 Å². The molecule has 8 heteroatoms. The van der Waals surface area contributed by atoms with E-state index in [-0.39, 0.29) is 13.0 Å². The van der Waals surface area contributed by atoms with Crippen LogP contribution in [0.3, 0.4) is 0 Å². The van der Waals surface area contributed by atoms with Crippen LogP contribution >= 0.6 is 0 Å². The summed E-state index contributed by atoms with van der Waals surface area (Å²) in [5.41, 5.74) is -1.30. The van der Waals surface area contributed by atoms with Crippen molar-refractivity contribution in [1.29, 1.82) is 0 Å². The summed E-state index contributed by atoms with van der Waals surface area (Å²) < 4.78 is 6.14. The van der Waals surface area contributed by atoms with Crippen molar-refractivity contribution in [3.63, 3.8) is 0 Å². The second-order valence-electron chi connectivity index (χ2n) is 3.50. The van der Waals surface area contributed by atoms with E-state index in [0.29, 0.717) is 0 Å². The van der Waals surface area contributed by atoms with Gasteiger partial charge in [0.25, 0.3) is 5.56 Å². The molecule has 8 nitrogen and oxygen atoms in total. The molecule has 1 saturated heterocycles. The molecule has 0 saturated carbocycles. The lowest BCUT2D eigenvalue weighted by atomic mass is 10.2. The smallest absolute Gasteiger partial charge is 0.347 e. The molecule has 0 spiro atoms. The molecular formula is C8H11N3O5.